The molecule has 0 fully saturated rings. The van der Waals surface area contributed by atoms with Crippen molar-refractivity contribution in [1.82, 2.24) is 9.78 Å². The minimum absolute atomic E-state index is 0.187. The third kappa shape index (κ3) is 2.96. The van der Waals surface area contributed by atoms with Gasteiger partial charge >= 0.3 is 5.97 Å². The molecule has 1 heterocycles. The molecule has 106 valence electrons. The number of halogens is 1. The Hall–Kier alpha value is -2.37. The number of nitrogens with one attached hydrogen (secondary N) is 1. The van der Waals surface area contributed by atoms with Crippen LogP contribution in [0.2, 0.25) is 0 Å². The summed E-state index contributed by atoms with van der Waals surface area (Å²) >= 11 is 0. The van der Waals surface area contributed by atoms with Gasteiger partial charge in [0, 0.05) is 13.6 Å². The number of aromatic carboxylic acids is 1. The zero-order chi connectivity index (χ0) is 14.7. The van der Waals surface area contributed by atoms with E-state index in [-0.39, 0.29) is 11.4 Å². The summed E-state index contributed by atoms with van der Waals surface area (Å²) in [6.07, 6.45) is 0.670. The molecule has 0 spiro atoms. The number of nitrogens with zero attached hydrogens (tertiary/aromatic N) is 2. The molecular weight excluding hydrogens is 261 g/mol. The van der Waals surface area contributed by atoms with Crippen LogP contribution in [0.1, 0.15) is 21.6 Å². The van der Waals surface area contributed by atoms with Crippen LogP contribution in [-0.2, 0) is 13.5 Å². The molecule has 0 aliphatic carbocycles. The predicted molar refractivity (Wildman–Crippen MR) is 73.5 cm³/mol. The molecule has 2 aromatic rings. The zero-order valence-electron chi connectivity index (χ0n) is 11.4. The van der Waals surface area contributed by atoms with Crippen molar-refractivity contribution in [3.8, 4) is 0 Å². The van der Waals surface area contributed by atoms with E-state index in [4.69, 9.17) is 0 Å². The Kier molecular flexibility index (Phi) is 4.02. The number of carbonyl (C=O) groups is 1. The first-order valence-corrected chi connectivity index (χ1v) is 6.24. The van der Waals surface area contributed by atoms with Crippen LogP contribution in [0, 0.1) is 12.7 Å². The van der Waals surface area contributed by atoms with Crippen molar-refractivity contribution in [2.24, 2.45) is 7.05 Å². The lowest BCUT2D eigenvalue weighted by Gasteiger charge is -2.08. The predicted octanol–water partition coefficient (Wildman–Crippen LogP) is 2.22. The summed E-state index contributed by atoms with van der Waals surface area (Å²) in [6, 6.07) is 6.24. The van der Waals surface area contributed by atoms with Crippen LogP contribution >= 0.6 is 0 Å². The fourth-order valence-corrected chi connectivity index (χ4v) is 2.09. The summed E-state index contributed by atoms with van der Waals surface area (Å²) in [7, 11) is 1.69. The number of anilines is 1. The van der Waals surface area contributed by atoms with Gasteiger partial charge in [0.2, 0.25) is 0 Å². The van der Waals surface area contributed by atoms with Gasteiger partial charge < -0.3 is 10.4 Å². The molecule has 1 aromatic heterocycles. The van der Waals surface area contributed by atoms with Gasteiger partial charge in [0.25, 0.3) is 0 Å². The van der Waals surface area contributed by atoms with Crippen LogP contribution in [0.5, 0.6) is 0 Å². The monoisotopic (exact) mass is 277 g/mol. The SMILES string of the molecule is Cc1nn(C)c(NCCc2ccc(F)cc2)c1C(=O)O. The molecule has 2 rings (SSSR count). The maximum Gasteiger partial charge on any atom is 0.341 e. The number of aryl methyl sites for hydroxylation is 2. The van der Waals surface area contributed by atoms with Gasteiger partial charge in [-0.3, -0.25) is 4.68 Å². The fraction of sp³-hybridized carbons (Fsp3) is 0.286. The molecule has 0 radical (unpaired) electrons. The highest BCUT2D eigenvalue weighted by Gasteiger charge is 2.18. The molecule has 0 saturated carbocycles. The lowest BCUT2D eigenvalue weighted by Crippen LogP contribution is -2.12. The Morgan fingerprint density at radius 1 is 1.40 bits per heavy atom. The summed E-state index contributed by atoms with van der Waals surface area (Å²) in [5.41, 5.74) is 1.64. The summed E-state index contributed by atoms with van der Waals surface area (Å²) in [5.74, 6) is -0.783. The summed E-state index contributed by atoms with van der Waals surface area (Å²) < 4.78 is 14.3. The lowest BCUT2D eigenvalue weighted by atomic mass is 10.1. The van der Waals surface area contributed by atoms with Gasteiger partial charge in [-0.05, 0) is 31.0 Å². The molecule has 2 N–H and O–H groups in total. The number of benzene rings is 1. The average Bonchev–Trinajstić information content (AvgIpc) is 2.66. The molecule has 0 amide bonds. The molecule has 0 aliphatic rings. The first kappa shape index (κ1) is 14.0. The number of aromatic nitrogens is 2. The minimum Gasteiger partial charge on any atom is -0.477 e. The van der Waals surface area contributed by atoms with Gasteiger partial charge in [-0.15, -0.1) is 0 Å². The molecule has 5 nitrogen and oxygen atoms in total. The quantitative estimate of drug-likeness (QED) is 0.879. The Bertz CT molecular complexity index is 620. The summed E-state index contributed by atoms with van der Waals surface area (Å²) in [5, 5.41) is 16.3. The summed E-state index contributed by atoms with van der Waals surface area (Å²) in [6.45, 7) is 2.21. The van der Waals surface area contributed by atoms with E-state index in [1.807, 2.05) is 0 Å². The molecule has 0 aliphatic heterocycles. The Morgan fingerprint density at radius 3 is 2.65 bits per heavy atom. The second-order valence-corrected chi connectivity index (χ2v) is 4.54. The number of hydrogen-bond donors (Lipinski definition) is 2. The van der Waals surface area contributed by atoms with Crippen molar-refractivity contribution in [1.29, 1.82) is 0 Å². The number of rotatable bonds is 5. The van der Waals surface area contributed by atoms with E-state index < -0.39 is 5.97 Å². The Labute approximate surface area is 116 Å². The normalized spacial score (nSPS) is 10.6. The molecule has 1 aromatic carbocycles. The van der Waals surface area contributed by atoms with E-state index in [2.05, 4.69) is 10.4 Å². The maximum atomic E-state index is 12.8. The molecule has 20 heavy (non-hydrogen) atoms. The third-order valence-electron chi connectivity index (χ3n) is 3.06. The van der Waals surface area contributed by atoms with Crippen LogP contribution in [0.15, 0.2) is 24.3 Å². The highest BCUT2D eigenvalue weighted by molar-refractivity contribution is 5.94. The second-order valence-electron chi connectivity index (χ2n) is 4.54. The maximum absolute atomic E-state index is 12.8. The number of hydrogen-bond acceptors (Lipinski definition) is 3. The van der Waals surface area contributed by atoms with Crippen LogP contribution < -0.4 is 5.32 Å². The van der Waals surface area contributed by atoms with Crippen LogP contribution in [-0.4, -0.2) is 27.4 Å². The van der Waals surface area contributed by atoms with Gasteiger partial charge in [0.05, 0.1) is 5.69 Å². The van der Waals surface area contributed by atoms with E-state index in [1.54, 1.807) is 26.1 Å². The van der Waals surface area contributed by atoms with Crippen molar-refractivity contribution < 1.29 is 14.3 Å². The van der Waals surface area contributed by atoms with E-state index >= 15 is 0 Å². The Balaban J connectivity index is 2.04. The van der Waals surface area contributed by atoms with E-state index in [9.17, 15) is 14.3 Å². The second kappa shape index (κ2) is 5.73. The van der Waals surface area contributed by atoms with Gasteiger partial charge in [0.15, 0.2) is 0 Å². The average molecular weight is 277 g/mol. The molecule has 6 heteroatoms. The van der Waals surface area contributed by atoms with Crippen molar-refractivity contribution in [2.45, 2.75) is 13.3 Å². The third-order valence-corrected chi connectivity index (χ3v) is 3.06. The lowest BCUT2D eigenvalue weighted by molar-refractivity contribution is 0.0697. The summed E-state index contributed by atoms with van der Waals surface area (Å²) in [4.78, 5) is 11.2. The zero-order valence-corrected chi connectivity index (χ0v) is 11.4. The fourth-order valence-electron chi connectivity index (χ4n) is 2.09. The number of carboxylic acid groups (broad SMARTS) is 1. The van der Waals surface area contributed by atoms with Crippen molar-refractivity contribution in [2.75, 3.05) is 11.9 Å². The smallest absolute Gasteiger partial charge is 0.341 e. The minimum atomic E-state index is -1.00. The largest absolute Gasteiger partial charge is 0.477 e. The van der Waals surface area contributed by atoms with Gasteiger partial charge in [0.1, 0.15) is 17.2 Å². The van der Waals surface area contributed by atoms with Crippen LogP contribution in [0.4, 0.5) is 10.2 Å². The molecule has 0 bridgehead atoms. The standard InChI is InChI=1S/C14H16FN3O2/c1-9-12(14(19)20)13(18(2)17-9)16-8-7-10-3-5-11(15)6-4-10/h3-6,16H,7-8H2,1-2H3,(H,19,20). The molecule has 0 atom stereocenters. The topological polar surface area (TPSA) is 67.2 Å². The van der Waals surface area contributed by atoms with E-state index in [1.165, 1.54) is 16.8 Å². The van der Waals surface area contributed by atoms with Crippen molar-refractivity contribution in [3.05, 3.63) is 46.9 Å². The van der Waals surface area contributed by atoms with Gasteiger partial charge in [-0.1, -0.05) is 12.1 Å². The van der Waals surface area contributed by atoms with E-state index in [0.29, 0.717) is 24.5 Å². The van der Waals surface area contributed by atoms with Crippen molar-refractivity contribution in [3.63, 3.8) is 0 Å². The highest BCUT2D eigenvalue weighted by atomic mass is 19.1. The molecule has 0 saturated heterocycles. The van der Waals surface area contributed by atoms with Gasteiger partial charge in [-0.2, -0.15) is 5.10 Å². The number of carboxylic acids is 1. The van der Waals surface area contributed by atoms with E-state index in [0.717, 1.165) is 5.56 Å². The first-order chi connectivity index (χ1) is 9.49. The first-order valence-electron chi connectivity index (χ1n) is 6.24. The molecule has 0 unspecified atom stereocenters. The molecular formula is C14H16FN3O2. The van der Waals surface area contributed by atoms with Crippen molar-refractivity contribution >= 4 is 11.8 Å². The van der Waals surface area contributed by atoms with Crippen LogP contribution in [0.3, 0.4) is 0 Å². The van der Waals surface area contributed by atoms with Gasteiger partial charge in [-0.25, -0.2) is 9.18 Å². The van der Waals surface area contributed by atoms with Crippen LogP contribution in [0.25, 0.3) is 0 Å². The highest BCUT2D eigenvalue weighted by Crippen LogP contribution is 2.18. The Morgan fingerprint density at radius 2 is 2.05 bits per heavy atom.